The van der Waals surface area contributed by atoms with Crippen molar-refractivity contribution in [1.82, 2.24) is 9.97 Å². The Labute approximate surface area is 85.8 Å². The molecule has 0 amide bonds. The molecule has 5 heteroatoms. The number of aryl methyl sites for hydroxylation is 1. The van der Waals surface area contributed by atoms with Gasteiger partial charge in [-0.3, -0.25) is 0 Å². The van der Waals surface area contributed by atoms with E-state index < -0.39 is 0 Å². The minimum absolute atomic E-state index is 0.177. The second kappa shape index (κ2) is 3.51. The molecule has 4 nitrogen and oxygen atoms in total. The molecule has 2 aromatic rings. The first-order valence-electron chi connectivity index (χ1n) is 4.30. The molecular weight excluding hydrogens is 198 g/mol. The molecule has 0 radical (unpaired) electrons. The smallest absolute Gasteiger partial charge is 0.211 e. The summed E-state index contributed by atoms with van der Waals surface area (Å²) in [6, 6.07) is -0.177. The van der Waals surface area contributed by atoms with Gasteiger partial charge in [-0.15, -0.1) is 11.3 Å². The van der Waals surface area contributed by atoms with Gasteiger partial charge in [-0.25, -0.2) is 9.97 Å². The van der Waals surface area contributed by atoms with Crippen LogP contribution >= 0.6 is 11.3 Å². The third-order valence-electron chi connectivity index (χ3n) is 1.78. The Morgan fingerprint density at radius 2 is 2.36 bits per heavy atom. The maximum Gasteiger partial charge on any atom is 0.211 e. The van der Waals surface area contributed by atoms with E-state index in [0.717, 1.165) is 10.7 Å². The summed E-state index contributed by atoms with van der Waals surface area (Å²) in [5.41, 5.74) is 6.46. The first-order chi connectivity index (χ1) is 6.66. The molecule has 14 heavy (non-hydrogen) atoms. The van der Waals surface area contributed by atoms with Crippen molar-refractivity contribution in [3.63, 3.8) is 0 Å². The summed E-state index contributed by atoms with van der Waals surface area (Å²) in [6.07, 6.45) is 1.66. The van der Waals surface area contributed by atoms with Crippen LogP contribution in [-0.4, -0.2) is 9.97 Å². The lowest BCUT2D eigenvalue weighted by Gasteiger charge is -1.95. The van der Waals surface area contributed by atoms with Crippen molar-refractivity contribution in [2.24, 2.45) is 5.73 Å². The zero-order valence-electron chi connectivity index (χ0n) is 8.02. The molecule has 0 aromatic carbocycles. The monoisotopic (exact) mass is 209 g/mol. The molecule has 0 bridgehead atoms. The van der Waals surface area contributed by atoms with E-state index in [1.165, 1.54) is 0 Å². The highest BCUT2D eigenvalue weighted by molar-refractivity contribution is 7.09. The van der Waals surface area contributed by atoms with Crippen LogP contribution in [0.2, 0.25) is 0 Å². The lowest BCUT2D eigenvalue weighted by atomic mass is 10.4. The number of hydrogen-bond acceptors (Lipinski definition) is 5. The summed E-state index contributed by atoms with van der Waals surface area (Å²) in [6.45, 7) is 3.79. The Kier molecular flexibility index (Phi) is 2.35. The maximum atomic E-state index is 5.64. The molecule has 0 aliphatic rings. The Bertz CT molecular complexity index is 433. The molecule has 2 heterocycles. The fourth-order valence-corrected chi connectivity index (χ4v) is 1.70. The van der Waals surface area contributed by atoms with E-state index in [4.69, 9.17) is 10.2 Å². The van der Waals surface area contributed by atoms with Gasteiger partial charge in [-0.05, 0) is 13.8 Å². The summed E-state index contributed by atoms with van der Waals surface area (Å²) in [5.74, 6) is 1.23. The van der Waals surface area contributed by atoms with Gasteiger partial charge in [0, 0.05) is 5.38 Å². The first-order valence-corrected chi connectivity index (χ1v) is 5.18. The van der Waals surface area contributed by atoms with E-state index in [-0.39, 0.29) is 6.04 Å². The number of aromatic nitrogens is 2. The molecule has 0 saturated heterocycles. The highest BCUT2D eigenvalue weighted by Gasteiger charge is 2.11. The van der Waals surface area contributed by atoms with Gasteiger partial charge in [0.15, 0.2) is 5.76 Å². The number of rotatable bonds is 2. The fourth-order valence-electron chi connectivity index (χ4n) is 1.09. The molecule has 74 valence electrons. The minimum atomic E-state index is -0.177. The van der Waals surface area contributed by atoms with Crippen LogP contribution in [0.3, 0.4) is 0 Å². The second-order valence-electron chi connectivity index (χ2n) is 3.10. The molecule has 2 N–H and O–H groups in total. The Balaban J connectivity index is 2.33. The summed E-state index contributed by atoms with van der Waals surface area (Å²) in [4.78, 5) is 8.37. The van der Waals surface area contributed by atoms with E-state index >= 15 is 0 Å². The molecule has 0 fully saturated rings. The van der Waals surface area contributed by atoms with Gasteiger partial charge >= 0.3 is 0 Å². The molecule has 1 atom stereocenters. The molecule has 0 saturated carbocycles. The Hall–Kier alpha value is -1.20. The predicted molar refractivity (Wildman–Crippen MR) is 55.0 cm³/mol. The fraction of sp³-hybridized carbons (Fsp3) is 0.333. The van der Waals surface area contributed by atoms with Gasteiger partial charge in [-0.2, -0.15) is 0 Å². The van der Waals surface area contributed by atoms with Crippen LogP contribution in [0.1, 0.15) is 23.9 Å². The van der Waals surface area contributed by atoms with Crippen LogP contribution in [0.25, 0.3) is 11.5 Å². The third kappa shape index (κ3) is 1.69. The van der Waals surface area contributed by atoms with Crippen molar-refractivity contribution >= 4 is 11.3 Å². The van der Waals surface area contributed by atoms with Crippen molar-refractivity contribution in [3.05, 3.63) is 22.5 Å². The summed E-state index contributed by atoms with van der Waals surface area (Å²) in [7, 11) is 0. The number of nitrogens with two attached hydrogens (primary N) is 1. The zero-order valence-corrected chi connectivity index (χ0v) is 8.84. The summed E-state index contributed by atoms with van der Waals surface area (Å²) in [5, 5.41) is 2.96. The zero-order chi connectivity index (χ0) is 10.1. The average Bonchev–Trinajstić information content (AvgIpc) is 2.70. The van der Waals surface area contributed by atoms with Crippen molar-refractivity contribution in [3.8, 4) is 11.5 Å². The van der Waals surface area contributed by atoms with Crippen molar-refractivity contribution in [2.75, 3.05) is 0 Å². The van der Waals surface area contributed by atoms with Crippen molar-refractivity contribution in [2.45, 2.75) is 19.9 Å². The third-order valence-corrected chi connectivity index (χ3v) is 2.56. The first kappa shape index (κ1) is 9.36. The number of hydrogen-bond donors (Lipinski definition) is 1. The summed E-state index contributed by atoms with van der Waals surface area (Å²) < 4.78 is 5.45. The summed E-state index contributed by atoms with van der Waals surface area (Å²) >= 11 is 1.59. The van der Waals surface area contributed by atoms with Crippen LogP contribution in [0.15, 0.2) is 16.0 Å². The molecule has 2 rings (SSSR count). The van der Waals surface area contributed by atoms with E-state index in [2.05, 4.69) is 9.97 Å². The molecular formula is C9H11N3OS. The quantitative estimate of drug-likeness (QED) is 0.822. The van der Waals surface area contributed by atoms with Crippen LogP contribution in [0, 0.1) is 6.92 Å². The van der Waals surface area contributed by atoms with E-state index in [1.54, 1.807) is 17.5 Å². The van der Waals surface area contributed by atoms with Gasteiger partial charge < -0.3 is 10.2 Å². The van der Waals surface area contributed by atoms with Gasteiger partial charge in [0.25, 0.3) is 0 Å². The number of oxazole rings is 1. The standard InChI is InChI=1S/C9H11N3OS/c1-5(10)9-11-3-8(13-9)7-4-14-6(2)12-7/h3-5H,10H2,1-2H3. The van der Waals surface area contributed by atoms with E-state index in [0.29, 0.717) is 11.7 Å². The number of thiazole rings is 1. The largest absolute Gasteiger partial charge is 0.437 e. The maximum absolute atomic E-state index is 5.64. The van der Waals surface area contributed by atoms with Crippen LogP contribution < -0.4 is 5.73 Å². The van der Waals surface area contributed by atoms with Crippen LogP contribution in [-0.2, 0) is 0 Å². The van der Waals surface area contributed by atoms with Crippen LogP contribution in [0.5, 0.6) is 0 Å². The highest BCUT2D eigenvalue weighted by Crippen LogP contribution is 2.23. The SMILES string of the molecule is Cc1nc(-c2cnc(C(C)N)o2)cs1. The highest BCUT2D eigenvalue weighted by atomic mass is 32.1. The molecule has 0 aliphatic heterocycles. The Morgan fingerprint density at radius 3 is 2.86 bits per heavy atom. The lowest BCUT2D eigenvalue weighted by Crippen LogP contribution is -2.04. The van der Waals surface area contributed by atoms with Crippen LogP contribution in [0.4, 0.5) is 0 Å². The average molecular weight is 209 g/mol. The molecule has 2 aromatic heterocycles. The molecule has 1 unspecified atom stereocenters. The normalized spacial score (nSPS) is 13.1. The predicted octanol–water partition coefficient (Wildman–Crippen LogP) is 2.13. The number of nitrogens with zero attached hydrogens (tertiary/aromatic N) is 2. The minimum Gasteiger partial charge on any atom is -0.437 e. The van der Waals surface area contributed by atoms with Gasteiger partial charge in [0.1, 0.15) is 5.69 Å². The van der Waals surface area contributed by atoms with Crippen molar-refractivity contribution < 1.29 is 4.42 Å². The van der Waals surface area contributed by atoms with E-state index in [1.807, 2.05) is 19.2 Å². The second-order valence-corrected chi connectivity index (χ2v) is 4.17. The molecule has 0 aliphatic carbocycles. The topological polar surface area (TPSA) is 64.9 Å². The lowest BCUT2D eigenvalue weighted by molar-refractivity contribution is 0.473. The molecule has 0 spiro atoms. The van der Waals surface area contributed by atoms with Crippen molar-refractivity contribution in [1.29, 1.82) is 0 Å². The Morgan fingerprint density at radius 1 is 1.57 bits per heavy atom. The van der Waals surface area contributed by atoms with E-state index in [9.17, 15) is 0 Å². The van der Waals surface area contributed by atoms with Gasteiger partial charge in [0.05, 0.1) is 17.2 Å². The van der Waals surface area contributed by atoms with Gasteiger partial charge in [-0.1, -0.05) is 0 Å². The van der Waals surface area contributed by atoms with Gasteiger partial charge in [0.2, 0.25) is 5.89 Å².